The van der Waals surface area contributed by atoms with Crippen molar-refractivity contribution >= 4 is 22.3 Å². The predicted molar refractivity (Wildman–Crippen MR) is 103 cm³/mol. The molecular formula is C21H17FN4. The Labute approximate surface area is 150 Å². The van der Waals surface area contributed by atoms with Gasteiger partial charge in [-0.25, -0.2) is 4.39 Å². The summed E-state index contributed by atoms with van der Waals surface area (Å²) in [6, 6.07) is 13.8. The average molecular weight is 344 g/mol. The van der Waals surface area contributed by atoms with Gasteiger partial charge < -0.3 is 5.32 Å². The molecule has 0 atom stereocenters. The Balaban J connectivity index is 1.59. The van der Waals surface area contributed by atoms with Crippen LogP contribution in [0, 0.1) is 12.7 Å². The first-order valence-corrected chi connectivity index (χ1v) is 8.22. The number of H-pyrrole nitrogens is 1. The fourth-order valence-corrected chi connectivity index (χ4v) is 3.01. The van der Waals surface area contributed by atoms with Crippen LogP contribution in [0.25, 0.3) is 27.7 Å². The monoisotopic (exact) mass is 344 g/mol. The molecule has 0 saturated carbocycles. The first kappa shape index (κ1) is 16.0. The van der Waals surface area contributed by atoms with Gasteiger partial charge in [0.25, 0.3) is 0 Å². The van der Waals surface area contributed by atoms with Crippen molar-refractivity contribution in [3.63, 3.8) is 0 Å². The number of aromatic amines is 1. The Morgan fingerprint density at radius 2 is 1.92 bits per heavy atom. The molecule has 4 nitrogen and oxygen atoms in total. The maximum atomic E-state index is 13.8. The summed E-state index contributed by atoms with van der Waals surface area (Å²) >= 11 is 0. The van der Waals surface area contributed by atoms with E-state index in [4.69, 9.17) is 0 Å². The molecule has 26 heavy (non-hydrogen) atoms. The number of nitrogens with one attached hydrogen (secondary N) is 2. The summed E-state index contributed by atoms with van der Waals surface area (Å²) in [5.74, 6) is -0.398. The first-order chi connectivity index (χ1) is 12.6. The molecule has 0 saturated heterocycles. The Hall–Kier alpha value is -3.47. The number of anilines is 1. The van der Waals surface area contributed by atoms with E-state index in [1.54, 1.807) is 12.3 Å². The van der Waals surface area contributed by atoms with Crippen LogP contribution < -0.4 is 5.32 Å². The second-order valence-corrected chi connectivity index (χ2v) is 6.16. The van der Waals surface area contributed by atoms with Crippen LogP contribution in [-0.4, -0.2) is 15.2 Å². The number of pyridine rings is 1. The van der Waals surface area contributed by atoms with Gasteiger partial charge in [-0.2, -0.15) is 5.10 Å². The van der Waals surface area contributed by atoms with Crippen molar-refractivity contribution in [2.45, 2.75) is 6.92 Å². The van der Waals surface area contributed by atoms with Crippen molar-refractivity contribution in [1.29, 1.82) is 0 Å². The maximum Gasteiger partial charge on any atom is 0.150 e. The van der Waals surface area contributed by atoms with Crippen LogP contribution in [0.2, 0.25) is 0 Å². The van der Waals surface area contributed by atoms with Crippen LogP contribution in [0.3, 0.4) is 0 Å². The third-order valence-corrected chi connectivity index (χ3v) is 4.37. The van der Waals surface area contributed by atoms with Crippen molar-refractivity contribution in [2.24, 2.45) is 0 Å². The fraction of sp³-hybridized carbons (Fsp3) is 0.0476. The molecule has 2 N–H and O–H groups in total. The van der Waals surface area contributed by atoms with E-state index in [0.717, 1.165) is 27.7 Å². The molecule has 0 aliphatic carbocycles. The lowest BCUT2D eigenvalue weighted by Gasteiger charge is -2.12. The van der Waals surface area contributed by atoms with E-state index in [2.05, 4.69) is 46.1 Å². The Morgan fingerprint density at radius 3 is 2.69 bits per heavy atom. The molecule has 0 amide bonds. The number of fused-ring (bicyclic) bond motifs is 1. The number of halogens is 1. The minimum absolute atomic E-state index is 0.398. The molecule has 5 heteroatoms. The molecule has 4 aromatic rings. The lowest BCUT2D eigenvalue weighted by atomic mass is 9.99. The topological polar surface area (TPSA) is 53.6 Å². The number of hydrogen-bond acceptors (Lipinski definition) is 3. The van der Waals surface area contributed by atoms with Gasteiger partial charge >= 0.3 is 0 Å². The van der Waals surface area contributed by atoms with Crippen LogP contribution in [0.15, 0.2) is 67.6 Å². The van der Waals surface area contributed by atoms with E-state index in [1.807, 2.05) is 30.5 Å². The fourth-order valence-electron chi connectivity index (χ4n) is 3.01. The average Bonchev–Trinajstić information content (AvgIpc) is 3.09. The summed E-state index contributed by atoms with van der Waals surface area (Å²) in [6.07, 6.45) is 4.55. The summed E-state index contributed by atoms with van der Waals surface area (Å²) in [5, 5.41) is 11.3. The van der Waals surface area contributed by atoms with E-state index in [1.165, 1.54) is 11.8 Å². The van der Waals surface area contributed by atoms with Crippen molar-refractivity contribution in [2.75, 3.05) is 5.32 Å². The molecule has 0 aliphatic rings. The van der Waals surface area contributed by atoms with Crippen LogP contribution in [0.4, 0.5) is 10.1 Å². The zero-order chi connectivity index (χ0) is 18.1. The van der Waals surface area contributed by atoms with Crippen molar-refractivity contribution < 1.29 is 4.39 Å². The highest BCUT2D eigenvalue weighted by Crippen LogP contribution is 2.29. The van der Waals surface area contributed by atoms with E-state index in [-0.39, 0.29) is 0 Å². The van der Waals surface area contributed by atoms with Crippen LogP contribution in [0.1, 0.15) is 11.1 Å². The van der Waals surface area contributed by atoms with Gasteiger partial charge in [0.05, 0.1) is 17.9 Å². The number of aromatic nitrogens is 3. The third kappa shape index (κ3) is 2.95. The highest BCUT2D eigenvalue weighted by atomic mass is 19.1. The van der Waals surface area contributed by atoms with E-state index in [0.29, 0.717) is 11.3 Å². The summed E-state index contributed by atoms with van der Waals surface area (Å²) < 4.78 is 13.8. The standard InChI is InChI=1S/C21H17FN4/c1-13-9-16-11-24-26-21(16)10-19(13)15-3-5-17(6-4-15)25-14(2)18-7-8-23-12-20(18)22/h3-12,25H,2H2,1H3,(H,24,26). The minimum Gasteiger partial charge on any atom is -0.355 e. The first-order valence-electron chi connectivity index (χ1n) is 8.22. The summed E-state index contributed by atoms with van der Waals surface area (Å²) in [7, 11) is 0. The van der Waals surface area contributed by atoms with Crippen LogP contribution in [0.5, 0.6) is 0 Å². The molecule has 2 heterocycles. The summed E-state index contributed by atoms with van der Waals surface area (Å²) in [4.78, 5) is 3.75. The molecule has 0 radical (unpaired) electrons. The minimum atomic E-state index is -0.398. The van der Waals surface area contributed by atoms with Gasteiger partial charge in [0.15, 0.2) is 5.82 Å². The molecule has 2 aromatic heterocycles. The maximum absolute atomic E-state index is 13.8. The van der Waals surface area contributed by atoms with Crippen LogP contribution in [-0.2, 0) is 0 Å². The molecule has 0 fully saturated rings. The molecule has 128 valence electrons. The SMILES string of the molecule is C=C(Nc1ccc(-c2cc3[nH]ncc3cc2C)cc1)c1ccncc1F. The van der Waals surface area contributed by atoms with Gasteiger partial charge in [0.1, 0.15) is 0 Å². The number of aryl methyl sites for hydroxylation is 1. The number of rotatable bonds is 4. The zero-order valence-electron chi connectivity index (χ0n) is 14.3. The summed E-state index contributed by atoms with van der Waals surface area (Å²) in [5.41, 5.74) is 6.18. The Morgan fingerprint density at radius 1 is 1.12 bits per heavy atom. The number of hydrogen-bond donors (Lipinski definition) is 2. The van der Waals surface area contributed by atoms with Crippen molar-refractivity contribution in [3.8, 4) is 11.1 Å². The van der Waals surface area contributed by atoms with E-state index in [9.17, 15) is 4.39 Å². The summed E-state index contributed by atoms with van der Waals surface area (Å²) in [6.45, 7) is 6.00. The smallest absolute Gasteiger partial charge is 0.150 e. The van der Waals surface area contributed by atoms with Crippen molar-refractivity contribution in [1.82, 2.24) is 15.2 Å². The second kappa shape index (κ2) is 6.44. The quantitative estimate of drug-likeness (QED) is 0.538. The van der Waals surface area contributed by atoms with Gasteiger partial charge in [-0.15, -0.1) is 0 Å². The lowest BCUT2D eigenvalue weighted by molar-refractivity contribution is 0.617. The Kier molecular flexibility index (Phi) is 3.97. The highest BCUT2D eigenvalue weighted by molar-refractivity contribution is 5.86. The molecule has 4 rings (SSSR count). The van der Waals surface area contributed by atoms with Gasteiger partial charge in [0.2, 0.25) is 0 Å². The molecule has 0 bridgehead atoms. The van der Waals surface area contributed by atoms with Gasteiger partial charge in [-0.05, 0) is 53.9 Å². The second-order valence-electron chi connectivity index (χ2n) is 6.16. The highest BCUT2D eigenvalue weighted by Gasteiger charge is 2.08. The molecular weight excluding hydrogens is 327 g/mol. The molecule has 0 aliphatic heterocycles. The Bertz CT molecular complexity index is 1100. The van der Waals surface area contributed by atoms with E-state index >= 15 is 0 Å². The zero-order valence-corrected chi connectivity index (χ0v) is 14.3. The predicted octanol–water partition coefficient (Wildman–Crippen LogP) is 5.16. The third-order valence-electron chi connectivity index (χ3n) is 4.37. The van der Waals surface area contributed by atoms with Gasteiger partial charge in [-0.3, -0.25) is 10.1 Å². The van der Waals surface area contributed by atoms with Gasteiger partial charge in [-0.1, -0.05) is 18.7 Å². The van der Waals surface area contributed by atoms with Crippen molar-refractivity contribution in [3.05, 3.63) is 84.6 Å². The van der Waals surface area contributed by atoms with Crippen LogP contribution >= 0.6 is 0 Å². The van der Waals surface area contributed by atoms with E-state index < -0.39 is 5.82 Å². The normalized spacial score (nSPS) is 10.8. The largest absolute Gasteiger partial charge is 0.355 e. The molecule has 0 spiro atoms. The molecule has 0 unspecified atom stereocenters. The van der Waals surface area contributed by atoms with Gasteiger partial charge in [0, 0.05) is 28.5 Å². The number of benzene rings is 2. The lowest BCUT2D eigenvalue weighted by Crippen LogP contribution is -2.00. The number of nitrogens with zero attached hydrogens (tertiary/aromatic N) is 2. The molecule has 2 aromatic carbocycles.